The largest absolute Gasteiger partial charge is 0.411 e. The van der Waals surface area contributed by atoms with Gasteiger partial charge in [0.15, 0.2) is 0 Å². The van der Waals surface area contributed by atoms with Gasteiger partial charge in [-0.1, -0.05) is 41.6 Å². The highest BCUT2D eigenvalue weighted by atomic mass is 32.2. The van der Waals surface area contributed by atoms with Gasteiger partial charge in [0, 0.05) is 5.56 Å². The molecule has 1 atom stereocenters. The van der Waals surface area contributed by atoms with Crippen LogP contribution in [0.4, 0.5) is 10.1 Å². The Hall–Kier alpha value is -2.67. The van der Waals surface area contributed by atoms with Crippen LogP contribution in [0.15, 0.2) is 58.2 Å². The topological polar surface area (TPSA) is 68.0 Å². The quantitative estimate of drug-likeness (QED) is 0.690. The summed E-state index contributed by atoms with van der Waals surface area (Å²) in [5.74, 6) is -0.425. The molecule has 5 nitrogen and oxygen atoms in total. The summed E-state index contributed by atoms with van der Waals surface area (Å²) in [5, 5.41) is 10.3. The first-order valence-electron chi connectivity index (χ1n) is 7.65. The van der Waals surface area contributed by atoms with Crippen LogP contribution < -0.4 is 5.32 Å². The standard InChI is InChI=1S/C18H16FN3O2S/c1-11-6-5-7-13(10-11)17-21-22-18(24-17)25-12(2)16(23)20-15-9-4-3-8-14(15)19/h3-10,12H,1-2H3,(H,20,23)/t12-/m0/s1. The number of carbonyl (C=O) groups is 1. The van der Waals surface area contributed by atoms with Crippen LogP contribution in [0, 0.1) is 12.7 Å². The number of hydrogen-bond donors (Lipinski definition) is 1. The Labute approximate surface area is 148 Å². The number of nitrogens with zero attached hydrogens (tertiary/aromatic N) is 2. The van der Waals surface area contributed by atoms with E-state index in [9.17, 15) is 9.18 Å². The second-order valence-electron chi connectivity index (χ2n) is 5.47. The third kappa shape index (κ3) is 4.24. The van der Waals surface area contributed by atoms with Crippen LogP contribution in [0.25, 0.3) is 11.5 Å². The van der Waals surface area contributed by atoms with Gasteiger partial charge in [-0.2, -0.15) is 0 Å². The van der Waals surface area contributed by atoms with Crippen molar-refractivity contribution in [1.82, 2.24) is 10.2 Å². The van der Waals surface area contributed by atoms with E-state index in [1.54, 1.807) is 19.1 Å². The van der Waals surface area contributed by atoms with Gasteiger partial charge in [-0.25, -0.2) is 4.39 Å². The molecule has 1 aromatic heterocycles. The molecule has 25 heavy (non-hydrogen) atoms. The maximum atomic E-state index is 13.6. The second kappa shape index (κ2) is 7.48. The molecular formula is C18H16FN3O2S. The van der Waals surface area contributed by atoms with Crippen molar-refractivity contribution >= 4 is 23.4 Å². The van der Waals surface area contributed by atoms with Crippen LogP contribution in [0.1, 0.15) is 12.5 Å². The summed E-state index contributed by atoms with van der Waals surface area (Å²) in [6, 6.07) is 13.7. The molecular weight excluding hydrogens is 341 g/mol. The van der Waals surface area contributed by atoms with Crippen molar-refractivity contribution in [1.29, 1.82) is 0 Å². The predicted molar refractivity (Wildman–Crippen MR) is 94.8 cm³/mol. The lowest BCUT2D eigenvalue weighted by Gasteiger charge is -2.10. The zero-order valence-corrected chi connectivity index (χ0v) is 14.5. The Morgan fingerprint density at radius 3 is 2.76 bits per heavy atom. The normalized spacial score (nSPS) is 12.0. The summed E-state index contributed by atoms with van der Waals surface area (Å²) in [7, 11) is 0. The minimum absolute atomic E-state index is 0.144. The highest BCUT2D eigenvalue weighted by Crippen LogP contribution is 2.27. The van der Waals surface area contributed by atoms with E-state index in [-0.39, 0.29) is 16.8 Å². The Morgan fingerprint density at radius 1 is 1.20 bits per heavy atom. The van der Waals surface area contributed by atoms with E-state index in [1.807, 2.05) is 31.2 Å². The number of nitrogens with one attached hydrogen (secondary N) is 1. The van der Waals surface area contributed by atoms with E-state index < -0.39 is 11.1 Å². The number of aryl methyl sites for hydroxylation is 1. The van der Waals surface area contributed by atoms with Crippen molar-refractivity contribution in [2.24, 2.45) is 0 Å². The second-order valence-corrected chi connectivity index (χ2v) is 6.76. The number of carbonyl (C=O) groups excluding carboxylic acids is 1. The highest BCUT2D eigenvalue weighted by Gasteiger charge is 2.19. The van der Waals surface area contributed by atoms with Gasteiger partial charge in [-0.3, -0.25) is 4.79 Å². The van der Waals surface area contributed by atoms with Gasteiger partial charge in [0.05, 0.1) is 10.9 Å². The van der Waals surface area contributed by atoms with E-state index in [4.69, 9.17) is 4.42 Å². The Kier molecular flexibility index (Phi) is 5.14. The summed E-state index contributed by atoms with van der Waals surface area (Å²) >= 11 is 1.12. The first kappa shape index (κ1) is 17.2. The fourth-order valence-corrected chi connectivity index (χ4v) is 2.84. The average molecular weight is 357 g/mol. The van der Waals surface area contributed by atoms with Crippen molar-refractivity contribution in [2.75, 3.05) is 5.32 Å². The Balaban J connectivity index is 1.66. The summed E-state index contributed by atoms with van der Waals surface area (Å²) in [6.07, 6.45) is 0. The molecule has 0 aliphatic carbocycles. The van der Waals surface area contributed by atoms with Crippen molar-refractivity contribution in [3.05, 3.63) is 59.9 Å². The van der Waals surface area contributed by atoms with Crippen molar-refractivity contribution in [3.63, 3.8) is 0 Å². The fourth-order valence-electron chi connectivity index (χ4n) is 2.15. The Morgan fingerprint density at radius 2 is 2.00 bits per heavy atom. The summed E-state index contributed by atoms with van der Waals surface area (Å²) < 4.78 is 19.2. The maximum Gasteiger partial charge on any atom is 0.277 e. The first-order chi connectivity index (χ1) is 12.0. The zero-order valence-electron chi connectivity index (χ0n) is 13.7. The number of rotatable bonds is 5. The molecule has 3 rings (SSSR count). The lowest BCUT2D eigenvalue weighted by atomic mass is 10.1. The third-order valence-corrected chi connectivity index (χ3v) is 4.38. The number of hydrogen-bond acceptors (Lipinski definition) is 5. The number of amides is 1. The first-order valence-corrected chi connectivity index (χ1v) is 8.53. The number of halogens is 1. The lowest BCUT2D eigenvalue weighted by Crippen LogP contribution is -2.22. The number of thioether (sulfide) groups is 1. The molecule has 0 spiro atoms. The highest BCUT2D eigenvalue weighted by molar-refractivity contribution is 8.00. The van der Waals surface area contributed by atoms with Crippen LogP contribution >= 0.6 is 11.8 Å². The van der Waals surface area contributed by atoms with E-state index >= 15 is 0 Å². The molecule has 0 saturated heterocycles. The van der Waals surface area contributed by atoms with E-state index in [0.29, 0.717) is 5.89 Å². The molecule has 0 radical (unpaired) electrons. The molecule has 0 bridgehead atoms. The molecule has 128 valence electrons. The van der Waals surface area contributed by atoms with Crippen LogP contribution in [-0.4, -0.2) is 21.4 Å². The van der Waals surface area contributed by atoms with Crippen LogP contribution in [0.2, 0.25) is 0 Å². The van der Waals surface area contributed by atoms with Gasteiger partial charge in [0.1, 0.15) is 5.82 Å². The summed E-state index contributed by atoms with van der Waals surface area (Å²) in [5.41, 5.74) is 2.05. The molecule has 7 heteroatoms. The molecule has 0 aliphatic rings. The van der Waals surface area contributed by atoms with Crippen LogP contribution in [0.3, 0.4) is 0 Å². The van der Waals surface area contributed by atoms with E-state index in [1.165, 1.54) is 12.1 Å². The third-order valence-electron chi connectivity index (χ3n) is 3.45. The lowest BCUT2D eigenvalue weighted by molar-refractivity contribution is -0.115. The van der Waals surface area contributed by atoms with Crippen LogP contribution in [-0.2, 0) is 4.79 Å². The average Bonchev–Trinajstić information content (AvgIpc) is 3.05. The predicted octanol–water partition coefficient (Wildman–Crippen LogP) is 4.30. The SMILES string of the molecule is Cc1cccc(-c2nnc(S[C@@H](C)C(=O)Nc3ccccc3F)o2)c1. The minimum Gasteiger partial charge on any atom is -0.411 e. The molecule has 1 amide bonds. The summed E-state index contributed by atoms with van der Waals surface area (Å²) in [4.78, 5) is 12.2. The molecule has 1 heterocycles. The fraction of sp³-hybridized carbons (Fsp3) is 0.167. The molecule has 2 aromatic carbocycles. The van der Waals surface area contributed by atoms with Gasteiger partial charge >= 0.3 is 0 Å². The van der Waals surface area contributed by atoms with E-state index in [0.717, 1.165) is 22.9 Å². The van der Waals surface area contributed by atoms with Gasteiger partial charge in [0.2, 0.25) is 11.8 Å². The van der Waals surface area contributed by atoms with Crippen molar-refractivity contribution < 1.29 is 13.6 Å². The van der Waals surface area contributed by atoms with Gasteiger partial charge < -0.3 is 9.73 Å². The zero-order chi connectivity index (χ0) is 17.8. The van der Waals surface area contributed by atoms with Crippen LogP contribution in [0.5, 0.6) is 0 Å². The smallest absolute Gasteiger partial charge is 0.277 e. The van der Waals surface area contributed by atoms with Gasteiger partial charge in [-0.15, -0.1) is 10.2 Å². The molecule has 0 unspecified atom stereocenters. The molecule has 0 aliphatic heterocycles. The number of benzene rings is 2. The maximum absolute atomic E-state index is 13.6. The van der Waals surface area contributed by atoms with Crippen molar-refractivity contribution in [3.8, 4) is 11.5 Å². The summed E-state index contributed by atoms with van der Waals surface area (Å²) in [6.45, 7) is 3.67. The molecule has 3 aromatic rings. The number of para-hydroxylation sites is 1. The minimum atomic E-state index is -0.523. The van der Waals surface area contributed by atoms with E-state index in [2.05, 4.69) is 15.5 Å². The van der Waals surface area contributed by atoms with Gasteiger partial charge in [-0.05, 0) is 38.1 Å². The van der Waals surface area contributed by atoms with Gasteiger partial charge in [0.25, 0.3) is 5.22 Å². The van der Waals surface area contributed by atoms with Crippen molar-refractivity contribution in [2.45, 2.75) is 24.3 Å². The Bertz CT molecular complexity index is 897. The number of anilines is 1. The number of aromatic nitrogens is 2. The monoisotopic (exact) mass is 357 g/mol. The molecule has 0 saturated carbocycles. The molecule has 0 fully saturated rings. The molecule has 1 N–H and O–H groups in total.